The molecule has 1 atom stereocenters. The van der Waals surface area contributed by atoms with Crippen LogP contribution in [0.3, 0.4) is 0 Å². The molecular weight excluding hydrogens is 418 g/mol. The number of rotatable bonds is 4. The lowest BCUT2D eigenvalue weighted by Crippen LogP contribution is -2.39. The summed E-state index contributed by atoms with van der Waals surface area (Å²) in [5.41, 5.74) is 0.252. The number of thiazole rings is 1. The average Bonchev–Trinajstić information content (AvgIpc) is 3.42. The fraction of sp³-hybridized carbons (Fsp3) is 0.474. The Kier molecular flexibility index (Phi) is 5.73. The molecule has 2 aromatic rings. The van der Waals surface area contributed by atoms with E-state index in [1.165, 1.54) is 22.5 Å². The Morgan fingerprint density at radius 1 is 1.18 bits per heavy atom. The van der Waals surface area contributed by atoms with Crippen molar-refractivity contribution in [1.82, 2.24) is 14.2 Å². The van der Waals surface area contributed by atoms with Crippen LogP contribution in [0.2, 0.25) is 5.02 Å². The Bertz CT molecular complexity index is 957. The highest BCUT2D eigenvalue weighted by Gasteiger charge is 2.31. The van der Waals surface area contributed by atoms with Crippen molar-refractivity contribution in [2.24, 2.45) is 0 Å². The fourth-order valence-corrected chi connectivity index (χ4v) is 6.39. The molecule has 0 spiro atoms. The van der Waals surface area contributed by atoms with Gasteiger partial charge in [-0.1, -0.05) is 11.6 Å². The first-order valence-corrected chi connectivity index (χ1v) is 12.1. The summed E-state index contributed by atoms with van der Waals surface area (Å²) in [6.45, 7) is 2.26. The van der Waals surface area contributed by atoms with Crippen molar-refractivity contribution in [1.29, 1.82) is 0 Å². The summed E-state index contributed by atoms with van der Waals surface area (Å²) < 4.78 is 27.2. The number of halogens is 1. The van der Waals surface area contributed by atoms with E-state index < -0.39 is 10.0 Å². The molecule has 1 aromatic carbocycles. The van der Waals surface area contributed by atoms with Gasteiger partial charge in [0.15, 0.2) is 0 Å². The zero-order valence-corrected chi connectivity index (χ0v) is 17.8. The molecule has 9 heteroatoms. The number of hydrogen-bond acceptors (Lipinski definition) is 5. The maximum atomic E-state index is 13.2. The summed E-state index contributed by atoms with van der Waals surface area (Å²) in [7, 11) is -3.59. The van der Waals surface area contributed by atoms with Gasteiger partial charge in [0.2, 0.25) is 10.0 Å². The van der Waals surface area contributed by atoms with E-state index in [-0.39, 0.29) is 27.3 Å². The van der Waals surface area contributed by atoms with Crippen molar-refractivity contribution in [3.05, 3.63) is 45.4 Å². The van der Waals surface area contributed by atoms with Crippen LogP contribution < -0.4 is 0 Å². The number of piperidine rings is 1. The van der Waals surface area contributed by atoms with Gasteiger partial charge in [-0.05, 0) is 43.9 Å². The normalized spacial score (nSPS) is 21.2. The van der Waals surface area contributed by atoms with Crippen molar-refractivity contribution in [2.75, 3.05) is 26.2 Å². The summed E-state index contributed by atoms with van der Waals surface area (Å²) in [5.74, 6) is -0.00211. The van der Waals surface area contributed by atoms with Crippen molar-refractivity contribution < 1.29 is 13.2 Å². The molecule has 1 unspecified atom stereocenters. The molecular formula is C19H22ClN3O3S2. The van der Waals surface area contributed by atoms with Gasteiger partial charge >= 0.3 is 0 Å². The molecule has 4 rings (SSSR count). The molecule has 2 aliphatic rings. The molecule has 2 fully saturated rings. The number of sulfonamides is 1. The van der Waals surface area contributed by atoms with Crippen LogP contribution in [-0.4, -0.2) is 54.7 Å². The van der Waals surface area contributed by atoms with Crippen molar-refractivity contribution >= 4 is 38.9 Å². The standard InChI is InChI=1S/C19H22ClN3O3S2/c20-17-6-5-15(28(25,26)23-9-1-2-10-23)12-16(17)19(24)22-8-3-4-14(13-22)18-21-7-11-27-18/h5-7,11-12,14H,1-4,8-10,13H2. The summed E-state index contributed by atoms with van der Waals surface area (Å²) in [6, 6.07) is 4.44. The van der Waals surface area contributed by atoms with Crippen LogP contribution in [0.5, 0.6) is 0 Å². The third-order valence-electron chi connectivity index (χ3n) is 5.38. The van der Waals surface area contributed by atoms with Gasteiger partial charge in [-0.25, -0.2) is 13.4 Å². The van der Waals surface area contributed by atoms with Crippen molar-refractivity contribution in [3.8, 4) is 0 Å². The largest absolute Gasteiger partial charge is 0.338 e. The second-order valence-electron chi connectivity index (χ2n) is 7.21. The smallest absolute Gasteiger partial charge is 0.255 e. The number of nitrogens with zero attached hydrogens (tertiary/aromatic N) is 3. The van der Waals surface area contributed by atoms with E-state index in [1.807, 2.05) is 5.38 Å². The highest BCUT2D eigenvalue weighted by atomic mass is 35.5. The van der Waals surface area contributed by atoms with Gasteiger partial charge in [0.1, 0.15) is 0 Å². The van der Waals surface area contributed by atoms with Crippen LogP contribution in [0.4, 0.5) is 0 Å². The van der Waals surface area contributed by atoms with Gasteiger partial charge in [-0.15, -0.1) is 11.3 Å². The van der Waals surface area contributed by atoms with Crippen LogP contribution in [0.15, 0.2) is 34.7 Å². The quantitative estimate of drug-likeness (QED) is 0.729. The molecule has 3 heterocycles. The molecule has 0 radical (unpaired) electrons. The first kappa shape index (κ1) is 19.8. The highest BCUT2D eigenvalue weighted by molar-refractivity contribution is 7.89. The molecule has 0 bridgehead atoms. The Labute approximate surface area is 174 Å². The second kappa shape index (κ2) is 8.10. The molecule has 28 heavy (non-hydrogen) atoms. The lowest BCUT2D eigenvalue weighted by atomic mass is 9.98. The van der Waals surface area contributed by atoms with Gasteiger partial charge in [-0.3, -0.25) is 4.79 Å². The SMILES string of the molecule is O=C(c1cc(S(=O)(=O)N2CCCC2)ccc1Cl)N1CCCC(c2nccs2)C1. The predicted octanol–water partition coefficient (Wildman–Crippen LogP) is 3.60. The Balaban J connectivity index is 1.59. The lowest BCUT2D eigenvalue weighted by molar-refractivity contribution is 0.0707. The number of hydrogen-bond donors (Lipinski definition) is 0. The molecule has 0 aliphatic carbocycles. The lowest BCUT2D eigenvalue weighted by Gasteiger charge is -2.32. The zero-order valence-electron chi connectivity index (χ0n) is 15.4. The summed E-state index contributed by atoms with van der Waals surface area (Å²) in [4.78, 5) is 19.4. The Morgan fingerprint density at radius 2 is 1.96 bits per heavy atom. The number of amides is 1. The molecule has 6 nitrogen and oxygen atoms in total. The maximum absolute atomic E-state index is 13.2. The molecule has 0 N–H and O–H groups in total. The fourth-order valence-electron chi connectivity index (χ4n) is 3.88. The van der Waals surface area contributed by atoms with Crippen LogP contribution >= 0.6 is 22.9 Å². The molecule has 1 amide bonds. The van der Waals surface area contributed by atoms with Gasteiger partial charge in [0.05, 0.1) is 20.5 Å². The summed E-state index contributed by atoms with van der Waals surface area (Å²) >= 11 is 7.89. The maximum Gasteiger partial charge on any atom is 0.255 e. The molecule has 1 aromatic heterocycles. The Hall–Kier alpha value is -1.48. The first-order valence-electron chi connectivity index (χ1n) is 9.45. The van der Waals surface area contributed by atoms with Crippen molar-refractivity contribution in [2.45, 2.75) is 36.5 Å². The van der Waals surface area contributed by atoms with Crippen LogP contribution in [0, 0.1) is 0 Å². The van der Waals surface area contributed by atoms with Gasteiger partial charge < -0.3 is 4.90 Å². The number of benzene rings is 1. The predicted molar refractivity (Wildman–Crippen MR) is 109 cm³/mol. The average molecular weight is 440 g/mol. The van der Waals surface area contributed by atoms with Crippen LogP contribution in [0.25, 0.3) is 0 Å². The van der Waals surface area contributed by atoms with E-state index in [9.17, 15) is 13.2 Å². The number of aromatic nitrogens is 1. The van der Waals surface area contributed by atoms with E-state index in [0.29, 0.717) is 26.2 Å². The van der Waals surface area contributed by atoms with Gasteiger partial charge in [0, 0.05) is 43.7 Å². The minimum absolute atomic E-state index is 0.135. The van der Waals surface area contributed by atoms with E-state index in [1.54, 1.807) is 22.4 Å². The monoisotopic (exact) mass is 439 g/mol. The highest BCUT2D eigenvalue weighted by Crippen LogP contribution is 2.31. The first-order chi connectivity index (χ1) is 13.5. The van der Waals surface area contributed by atoms with E-state index >= 15 is 0 Å². The van der Waals surface area contributed by atoms with E-state index in [2.05, 4.69) is 4.98 Å². The number of carbonyl (C=O) groups excluding carboxylic acids is 1. The minimum Gasteiger partial charge on any atom is -0.338 e. The molecule has 2 aliphatic heterocycles. The van der Waals surface area contributed by atoms with Gasteiger partial charge in [0.25, 0.3) is 5.91 Å². The Morgan fingerprint density at radius 3 is 2.68 bits per heavy atom. The van der Waals surface area contributed by atoms with Crippen LogP contribution in [0.1, 0.15) is 47.0 Å². The minimum atomic E-state index is -3.59. The number of carbonyl (C=O) groups is 1. The molecule has 0 saturated carbocycles. The number of likely N-dealkylation sites (tertiary alicyclic amines) is 1. The third kappa shape index (κ3) is 3.83. The van der Waals surface area contributed by atoms with E-state index in [0.717, 1.165) is 30.7 Å². The summed E-state index contributed by atoms with van der Waals surface area (Å²) in [5, 5.41) is 3.26. The van der Waals surface area contributed by atoms with E-state index in [4.69, 9.17) is 11.6 Å². The zero-order chi connectivity index (χ0) is 19.7. The third-order valence-corrected chi connectivity index (χ3v) is 8.54. The van der Waals surface area contributed by atoms with Gasteiger partial charge in [-0.2, -0.15) is 4.31 Å². The summed E-state index contributed by atoms with van der Waals surface area (Å²) in [6.07, 6.45) is 5.40. The van der Waals surface area contributed by atoms with Crippen LogP contribution in [-0.2, 0) is 10.0 Å². The molecule has 2 saturated heterocycles. The topological polar surface area (TPSA) is 70.6 Å². The second-order valence-corrected chi connectivity index (χ2v) is 10.5. The molecule has 150 valence electrons. The van der Waals surface area contributed by atoms with Crippen molar-refractivity contribution in [3.63, 3.8) is 0 Å².